The maximum absolute atomic E-state index is 11.6. The number of nitrogens with one attached hydrogen (secondary N) is 2. The van der Waals surface area contributed by atoms with Gasteiger partial charge in [0, 0.05) is 6.04 Å². The molecule has 1 rings (SSSR count). The Bertz CT molecular complexity index is 314. The van der Waals surface area contributed by atoms with Gasteiger partial charge in [-0.05, 0) is 20.8 Å². The number of carbonyl (C=O) groups is 3. The number of nitrogens with zero attached hydrogens (tertiary/aromatic N) is 1. The van der Waals surface area contributed by atoms with Gasteiger partial charge in [-0.2, -0.15) is 0 Å². The molecule has 0 bridgehead atoms. The van der Waals surface area contributed by atoms with Crippen LogP contribution in [0.4, 0.5) is 0 Å². The van der Waals surface area contributed by atoms with Crippen molar-refractivity contribution in [3.05, 3.63) is 0 Å². The van der Waals surface area contributed by atoms with E-state index in [2.05, 4.69) is 10.6 Å². The zero-order valence-corrected chi connectivity index (χ0v) is 9.74. The zero-order chi connectivity index (χ0) is 12.3. The lowest BCUT2D eigenvalue weighted by molar-refractivity contribution is -0.151. The van der Waals surface area contributed by atoms with Crippen LogP contribution in [0.3, 0.4) is 0 Å². The van der Waals surface area contributed by atoms with Crippen LogP contribution in [0.5, 0.6) is 0 Å². The number of hydrogen-bond donors (Lipinski definition) is 2. The molecular formula is C10H17N3O3. The first-order chi connectivity index (χ1) is 7.41. The van der Waals surface area contributed by atoms with Crippen molar-refractivity contribution in [2.75, 3.05) is 13.1 Å². The van der Waals surface area contributed by atoms with E-state index in [1.165, 1.54) is 0 Å². The Morgan fingerprint density at radius 2 is 2.19 bits per heavy atom. The molecule has 0 aromatic rings. The molecule has 16 heavy (non-hydrogen) atoms. The second-order valence-corrected chi connectivity index (χ2v) is 4.14. The van der Waals surface area contributed by atoms with Crippen molar-refractivity contribution in [2.45, 2.75) is 32.9 Å². The number of amides is 3. The summed E-state index contributed by atoms with van der Waals surface area (Å²) < 4.78 is 0. The smallest absolute Gasteiger partial charge is 0.246 e. The van der Waals surface area contributed by atoms with E-state index < -0.39 is 6.04 Å². The molecule has 1 saturated heterocycles. The highest BCUT2D eigenvalue weighted by atomic mass is 16.2. The van der Waals surface area contributed by atoms with Crippen LogP contribution in [-0.4, -0.2) is 47.8 Å². The van der Waals surface area contributed by atoms with Gasteiger partial charge in [-0.1, -0.05) is 0 Å². The fourth-order valence-corrected chi connectivity index (χ4v) is 1.46. The van der Waals surface area contributed by atoms with Gasteiger partial charge >= 0.3 is 0 Å². The normalized spacial score (nSPS) is 21.5. The molecule has 1 heterocycles. The minimum atomic E-state index is -0.412. The average Bonchev–Trinajstić information content (AvgIpc) is 2.17. The summed E-state index contributed by atoms with van der Waals surface area (Å²) in [6, 6.07) is -0.414. The number of rotatable bonds is 3. The summed E-state index contributed by atoms with van der Waals surface area (Å²) in [4.78, 5) is 35.5. The van der Waals surface area contributed by atoms with Gasteiger partial charge in [0.1, 0.15) is 6.54 Å². The second kappa shape index (κ2) is 5.07. The van der Waals surface area contributed by atoms with Gasteiger partial charge in [0.25, 0.3) is 0 Å². The number of hydrogen-bond acceptors (Lipinski definition) is 4. The van der Waals surface area contributed by atoms with E-state index in [0.717, 1.165) is 4.90 Å². The molecule has 0 radical (unpaired) electrons. The monoisotopic (exact) mass is 227 g/mol. The van der Waals surface area contributed by atoms with Crippen LogP contribution in [0, 0.1) is 0 Å². The molecule has 0 spiro atoms. The van der Waals surface area contributed by atoms with Crippen LogP contribution >= 0.6 is 0 Å². The lowest BCUT2D eigenvalue weighted by atomic mass is 10.2. The van der Waals surface area contributed by atoms with Crippen molar-refractivity contribution < 1.29 is 14.4 Å². The second-order valence-electron chi connectivity index (χ2n) is 4.14. The van der Waals surface area contributed by atoms with Gasteiger partial charge in [-0.15, -0.1) is 0 Å². The topological polar surface area (TPSA) is 78.5 Å². The molecule has 0 aromatic carbocycles. The molecule has 6 nitrogen and oxygen atoms in total. The summed E-state index contributed by atoms with van der Waals surface area (Å²) in [7, 11) is 0. The van der Waals surface area contributed by atoms with Gasteiger partial charge in [-0.25, -0.2) is 0 Å². The molecule has 6 heteroatoms. The predicted octanol–water partition coefficient (Wildman–Crippen LogP) is -1.14. The molecule has 0 aliphatic carbocycles. The predicted molar refractivity (Wildman–Crippen MR) is 57.5 cm³/mol. The Hall–Kier alpha value is -1.43. The van der Waals surface area contributed by atoms with Crippen molar-refractivity contribution in [1.29, 1.82) is 0 Å². The minimum absolute atomic E-state index is 0.00181. The van der Waals surface area contributed by atoms with Crippen molar-refractivity contribution >= 4 is 17.7 Å². The quantitative estimate of drug-likeness (QED) is 0.597. The first-order valence-corrected chi connectivity index (χ1v) is 5.28. The van der Waals surface area contributed by atoms with Crippen LogP contribution in [0.2, 0.25) is 0 Å². The summed E-state index contributed by atoms with van der Waals surface area (Å²) >= 11 is 0. The van der Waals surface area contributed by atoms with Crippen LogP contribution in [0.25, 0.3) is 0 Å². The van der Waals surface area contributed by atoms with Gasteiger partial charge in [0.15, 0.2) is 0 Å². The fourth-order valence-electron chi connectivity index (χ4n) is 1.46. The maximum atomic E-state index is 11.6. The molecule has 1 aliphatic heterocycles. The fraction of sp³-hybridized carbons (Fsp3) is 0.700. The molecule has 90 valence electrons. The first-order valence-electron chi connectivity index (χ1n) is 5.28. The first kappa shape index (κ1) is 12.6. The third kappa shape index (κ3) is 3.03. The Morgan fingerprint density at radius 3 is 2.75 bits per heavy atom. The van der Waals surface area contributed by atoms with Gasteiger partial charge in [-0.3, -0.25) is 24.6 Å². The molecule has 2 N–H and O–H groups in total. The number of piperazine rings is 1. The SMILES string of the molecule is CC(C)NC(=O)CN1C(=O)CNC(C)C1=O. The third-order valence-corrected chi connectivity index (χ3v) is 2.25. The van der Waals surface area contributed by atoms with E-state index in [9.17, 15) is 14.4 Å². The highest BCUT2D eigenvalue weighted by Crippen LogP contribution is 2.02. The van der Waals surface area contributed by atoms with Crippen molar-refractivity contribution in [3.8, 4) is 0 Å². The Balaban J connectivity index is 2.60. The van der Waals surface area contributed by atoms with E-state index in [1.54, 1.807) is 6.92 Å². The molecular weight excluding hydrogens is 210 g/mol. The summed E-state index contributed by atoms with van der Waals surface area (Å²) in [5.41, 5.74) is 0. The summed E-state index contributed by atoms with van der Waals surface area (Å²) in [5.74, 6) is -1.03. The van der Waals surface area contributed by atoms with Crippen molar-refractivity contribution in [2.24, 2.45) is 0 Å². The zero-order valence-electron chi connectivity index (χ0n) is 9.74. The number of imide groups is 1. The maximum Gasteiger partial charge on any atom is 0.246 e. The standard InChI is InChI=1S/C10H17N3O3/c1-6(2)12-8(14)5-13-9(15)4-11-7(3)10(13)16/h6-7,11H,4-5H2,1-3H3,(H,12,14). The van der Waals surface area contributed by atoms with E-state index in [-0.39, 0.29) is 36.9 Å². The van der Waals surface area contributed by atoms with Crippen molar-refractivity contribution in [1.82, 2.24) is 15.5 Å². The van der Waals surface area contributed by atoms with Gasteiger partial charge in [0.05, 0.1) is 12.6 Å². The van der Waals surface area contributed by atoms with E-state index in [4.69, 9.17) is 0 Å². The molecule has 0 saturated carbocycles. The Labute approximate surface area is 94.4 Å². The third-order valence-electron chi connectivity index (χ3n) is 2.25. The lowest BCUT2D eigenvalue weighted by Crippen LogP contribution is -2.59. The summed E-state index contributed by atoms with van der Waals surface area (Å²) in [5, 5.41) is 5.39. The summed E-state index contributed by atoms with van der Waals surface area (Å²) in [6.45, 7) is 5.22. The highest BCUT2D eigenvalue weighted by Gasteiger charge is 2.32. The molecule has 3 amide bonds. The van der Waals surface area contributed by atoms with Crippen LogP contribution in [-0.2, 0) is 14.4 Å². The Morgan fingerprint density at radius 1 is 1.56 bits per heavy atom. The van der Waals surface area contributed by atoms with Crippen molar-refractivity contribution in [3.63, 3.8) is 0 Å². The molecule has 1 fully saturated rings. The van der Waals surface area contributed by atoms with E-state index in [0.29, 0.717) is 0 Å². The van der Waals surface area contributed by atoms with E-state index in [1.807, 2.05) is 13.8 Å². The summed E-state index contributed by atoms with van der Waals surface area (Å²) in [6.07, 6.45) is 0. The Kier molecular flexibility index (Phi) is 4.00. The minimum Gasteiger partial charge on any atom is -0.352 e. The van der Waals surface area contributed by atoms with Gasteiger partial charge < -0.3 is 5.32 Å². The van der Waals surface area contributed by atoms with E-state index >= 15 is 0 Å². The molecule has 0 aromatic heterocycles. The molecule has 1 unspecified atom stereocenters. The molecule has 1 aliphatic rings. The number of carbonyl (C=O) groups excluding carboxylic acids is 3. The van der Waals surface area contributed by atoms with Crippen LogP contribution < -0.4 is 10.6 Å². The van der Waals surface area contributed by atoms with Crippen LogP contribution in [0.15, 0.2) is 0 Å². The van der Waals surface area contributed by atoms with Crippen LogP contribution in [0.1, 0.15) is 20.8 Å². The molecule has 1 atom stereocenters. The van der Waals surface area contributed by atoms with Gasteiger partial charge in [0.2, 0.25) is 17.7 Å². The lowest BCUT2D eigenvalue weighted by Gasteiger charge is -2.29. The highest BCUT2D eigenvalue weighted by molar-refractivity contribution is 6.03. The average molecular weight is 227 g/mol. The largest absolute Gasteiger partial charge is 0.352 e.